The van der Waals surface area contributed by atoms with Crippen LogP contribution in [-0.4, -0.2) is 25.2 Å². The van der Waals surface area contributed by atoms with E-state index in [2.05, 4.69) is 0 Å². The van der Waals surface area contributed by atoms with Gasteiger partial charge in [-0.05, 0) is 37.1 Å². The number of esters is 2. The number of hydrogen-bond donors (Lipinski definition) is 0. The molecule has 0 amide bonds. The van der Waals surface area contributed by atoms with Crippen molar-refractivity contribution in [3.63, 3.8) is 0 Å². The van der Waals surface area contributed by atoms with Gasteiger partial charge in [0.05, 0.1) is 24.3 Å². The van der Waals surface area contributed by atoms with Crippen molar-refractivity contribution in [3.8, 4) is 0 Å². The second-order valence-corrected chi connectivity index (χ2v) is 7.54. The van der Waals surface area contributed by atoms with Crippen LogP contribution >= 0.6 is 0 Å². The minimum absolute atomic E-state index is 0.231. The Bertz CT molecular complexity index is 649. The summed E-state index contributed by atoms with van der Waals surface area (Å²) in [6.45, 7) is 1.01. The van der Waals surface area contributed by atoms with Crippen LogP contribution < -0.4 is 0 Å². The molecule has 0 aliphatic heterocycles. The molecule has 0 N–H and O–H groups in total. The number of rotatable bonds is 15. The van der Waals surface area contributed by atoms with E-state index < -0.39 is 0 Å². The summed E-state index contributed by atoms with van der Waals surface area (Å²) in [6.07, 6.45) is 11.4. The smallest absolute Gasteiger partial charge is 0.338 e. The van der Waals surface area contributed by atoms with Crippen molar-refractivity contribution in [1.29, 1.82) is 0 Å². The highest BCUT2D eigenvalue weighted by Gasteiger charge is 2.06. The predicted molar refractivity (Wildman–Crippen MR) is 120 cm³/mol. The van der Waals surface area contributed by atoms with Crippen molar-refractivity contribution in [3.05, 3.63) is 71.8 Å². The molecule has 0 bridgehead atoms. The first-order valence-corrected chi connectivity index (χ1v) is 11.2. The minimum Gasteiger partial charge on any atom is -0.462 e. The Morgan fingerprint density at radius 1 is 0.467 bits per heavy atom. The van der Waals surface area contributed by atoms with Crippen LogP contribution in [0.25, 0.3) is 0 Å². The number of ether oxygens (including phenoxy) is 2. The lowest BCUT2D eigenvalue weighted by Gasteiger charge is -2.06. The second kappa shape index (κ2) is 15.3. The fraction of sp³-hybridized carbons (Fsp3) is 0.462. The maximum atomic E-state index is 11.8. The molecule has 2 aromatic rings. The molecule has 0 aliphatic carbocycles. The zero-order chi connectivity index (χ0) is 21.3. The van der Waals surface area contributed by atoms with Gasteiger partial charge in [0.1, 0.15) is 0 Å². The lowest BCUT2D eigenvalue weighted by molar-refractivity contribution is 0.0488. The van der Waals surface area contributed by atoms with Crippen LogP contribution in [0.3, 0.4) is 0 Å². The van der Waals surface area contributed by atoms with Crippen LogP contribution in [-0.2, 0) is 9.47 Å². The third kappa shape index (κ3) is 10.2. The normalized spacial score (nSPS) is 10.5. The third-order valence-electron chi connectivity index (χ3n) is 5.02. The molecule has 0 atom stereocenters. The molecule has 2 aromatic carbocycles. The molecule has 4 nitrogen and oxygen atoms in total. The van der Waals surface area contributed by atoms with Crippen molar-refractivity contribution in [2.24, 2.45) is 0 Å². The molecule has 2 rings (SSSR count). The van der Waals surface area contributed by atoms with Gasteiger partial charge in [-0.15, -0.1) is 0 Å². The first-order chi connectivity index (χ1) is 14.8. The molecule has 0 saturated heterocycles. The number of carbonyl (C=O) groups excluding carboxylic acids is 2. The fourth-order valence-electron chi connectivity index (χ4n) is 3.26. The number of carbonyl (C=O) groups is 2. The maximum Gasteiger partial charge on any atom is 0.338 e. The Kier molecular flexibility index (Phi) is 12.0. The van der Waals surface area contributed by atoms with E-state index in [1.165, 1.54) is 38.5 Å². The summed E-state index contributed by atoms with van der Waals surface area (Å²) in [5.74, 6) is -0.462. The van der Waals surface area contributed by atoms with Crippen LogP contribution in [0.5, 0.6) is 0 Å². The highest BCUT2D eigenvalue weighted by Crippen LogP contribution is 2.11. The highest BCUT2D eigenvalue weighted by atomic mass is 16.5. The number of hydrogen-bond acceptors (Lipinski definition) is 4. The summed E-state index contributed by atoms with van der Waals surface area (Å²) in [5, 5.41) is 0. The van der Waals surface area contributed by atoms with Gasteiger partial charge in [-0.1, -0.05) is 87.8 Å². The van der Waals surface area contributed by atoms with E-state index in [1.807, 2.05) is 36.4 Å². The first-order valence-electron chi connectivity index (χ1n) is 11.2. The first kappa shape index (κ1) is 23.7. The molecule has 0 radical (unpaired) electrons. The van der Waals surface area contributed by atoms with E-state index in [0.29, 0.717) is 24.3 Å². The Hall–Kier alpha value is -2.62. The summed E-state index contributed by atoms with van der Waals surface area (Å²) in [5.41, 5.74) is 1.23. The number of unbranched alkanes of at least 4 members (excludes halogenated alkanes) is 9. The maximum absolute atomic E-state index is 11.8. The van der Waals surface area contributed by atoms with E-state index in [4.69, 9.17) is 9.47 Å². The molecule has 30 heavy (non-hydrogen) atoms. The van der Waals surface area contributed by atoms with E-state index in [1.54, 1.807) is 24.3 Å². The molecular formula is C26H34O4. The molecule has 0 spiro atoms. The molecule has 0 saturated carbocycles. The largest absolute Gasteiger partial charge is 0.462 e. The van der Waals surface area contributed by atoms with Crippen molar-refractivity contribution in [1.82, 2.24) is 0 Å². The fourth-order valence-corrected chi connectivity index (χ4v) is 3.26. The second-order valence-electron chi connectivity index (χ2n) is 7.54. The van der Waals surface area contributed by atoms with E-state index in [-0.39, 0.29) is 11.9 Å². The van der Waals surface area contributed by atoms with Gasteiger partial charge >= 0.3 is 11.9 Å². The lowest BCUT2D eigenvalue weighted by Crippen LogP contribution is -2.06. The lowest BCUT2D eigenvalue weighted by atomic mass is 10.1. The zero-order valence-corrected chi connectivity index (χ0v) is 17.9. The van der Waals surface area contributed by atoms with E-state index >= 15 is 0 Å². The molecule has 0 fully saturated rings. The Morgan fingerprint density at radius 3 is 1.10 bits per heavy atom. The highest BCUT2D eigenvalue weighted by molar-refractivity contribution is 5.89. The van der Waals surface area contributed by atoms with Crippen molar-refractivity contribution in [2.75, 3.05) is 13.2 Å². The molecule has 0 aliphatic rings. The molecule has 4 heteroatoms. The predicted octanol–water partition coefficient (Wildman–Crippen LogP) is 6.60. The summed E-state index contributed by atoms with van der Waals surface area (Å²) < 4.78 is 10.6. The minimum atomic E-state index is -0.231. The monoisotopic (exact) mass is 410 g/mol. The molecule has 0 aromatic heterocycles. The average Bonchev–Trinajstić information content (AvgIpc) is 2.80. The Balaban J connectivity index is 1.32. The quantitative estimate of drug-likeness (QED) is 0.245. The van der Waals surface area contributed by atoms with Gasteiger partial charge in [0.2, 0.25) is 0 Å². The van der Waals surface area contributed by atoms with Crippen molar-refractivity contribution < 1.29 is 19.1 Å². The van der Waals surface area contributed by atoms with E-state index in [0.717, 1.165) is 25.7 Å². The molecule has 162 valence electrons. The van der Waals surface area contributed by atoms with Crippen LogP contribution in [0.1, 0.15) is 84.9 Å². The SMILES string of the molecule is O=C(OCCCCCCCCCCCCOC(=O)c1ccccc1)c1ccccc1. The third-order valence-corrected chi connectivity index (χ3v) is 5.02. The summed E-state index contributed by atoms with van der Waals surface area (Å²) >= 11 is 0. The summed E-state index contributed by atoms with van der Waals surface area (Å²) in [7, 11) is 0. The number of benzene rings is 2. The standard InChI is InChI=1S/C26H34O4/c27-25(23-17-11-9-12-18-23)29-21-15-7-5-3-1-2-4-6-8-16-22-30-26(28)24-19-13-10-14-20-24/h9-14,17-20H,1-8,15-16,21-22H2. The van der Waals surface area contributed by atoms with Crippen LogP contribution in [0.2, 0.25) is 0 Å². The van der Waals surface area contributed by atoms with Crippen LogP contribution in [0.4, 0.5) is 0 Å². The van der Waals surface area contributed by atoms with Gasteiger partial charge in [-0.3, -0.25) is 0 Å². The van der Waals surface area contributed by atoms with Gasteiger partial charge in [-0.25, -0.2) is 9.59 Å². The molecule has 0 unspecified atom stereocenters. The summed E-state index contributed by atoms with van der Waals surface area (Å²) in [6, 6.07) is 18.3. The van der Waals surface area contributed by atoms with Crippen molar-refractivity contribution in [2.45, 2.75) is 64.2 Å². The van der Waals surface area contributed by atoms with Gasteiger partial charge in [-0.2, -0.15) is 0 Å². The van der Waals surface area contributed by atoms with Gasteiger partial charge < -0.3 is 9.47 Å². The molecule has 0 heterocycles. The molecular weight excluding hydrogens is 376 g/mol. The Morgan fingerprint density at radius 2 is 0.767 bits per heavy atom. The van der Waals surface area contributed by atoms with Gasteiger partial charge in [0.25, 0.3) is 0 Å². The van der Waals surface area contributed by atoms with Gasteiger partial charge in [0.15, 0.2) is 0 Å². The topological polar surface area (TPSA) is 52.6 Å². The van der Waals surface area contributed by atoms with Crippen LogP contribution in [0.15, 0.2) is 60.7 Å². The van der Waals surface area contributed by atoms with Crippen molar-refractivity contribution >= 4 is 11.9 Å². The van der Waals surface area contributed by atoms with Crippen LogP contribution in [0, 0.1) is 0 Å². The van der Waals surface area contributed by atoms with E-state index in [9.17, 15) is 9.59 Å². The van der Waals surface area contributed by atoms with Gasteiger partial charge in [0, 0.05) is 0 Å². The zero-order valence-electron chi connectivity index (χ0n) is 17.9. The summed E-state index contributed by atoms with van der Waals surface area (Å²) in [4.78, 5) is 23.6. The average molecular weight is 411 g/mol. The Labute approximate surface area is 180 Å².